The van der Waals surface area contributed by atoms with Gasteiger partial charge in [-0.1, -0.05) is 6.07 Å². The van der Waals surface area contributed by atoms with Crippen molar-refractivity contribution in [2.75, 3.05) is 11.1 Å². The molecule has 0 spiro atoms. The standard InChI is InChI=1S/C13H14N2O2/c1-8-2-4-10(7-13(8)17)15-11-6-9(14)3-5-12(11)16/h2-7,15-17H,14H2,1H3. The van der Waals surface area contributed by atoms with Crippen LogP contribution in [0.1, 0.15) is 5.56 Å². The maximum absolute atomic E-state index is 9.64. The Labute approximate surface area is 99.3 Å². The smallest absolute Gasteiger partial charge is 0.139 e. The molecule has 0 saturated carbocycles. The van der Waals surface area contributed by atoms with Crippen LogP contribution in [0.4, 0.5) is 17.1 Å². The molecule has 0 radical (unpaired) electrons. The van der Waals surface area contributed by atoms with Crippen molar-refractivity contribution in [1.82, 2.24) is 0 Å². The van der Waals surface area contributed by atoms with Gasteiger partial charge < -0.3 is 21.3 Å². The average molecular weight is 230 g/mol. The Balaban J connectivity index is 2.31. The first kappa shape index (κ1) is 11.1. The van der Waals surface area contributed by atoms with E-state index in [4.69, 9.17) is 5.73 Å². The molecule has 2 rings (SSSR count). The highest BCUT2D eigenvalue weighted by atomic mass is 16.3. The van der Waals surface area contributed by atoms with E-state index in [9.17, 15) is 10.2 Å². The Morgan fingerprint density at radius 2 is 1.76 bits per heavy atom. The van der Waals surface area contributed by atoms with Crippen LogP contribution in [0.25, 0.3) is 0 Å². The van der Waals surface area contributed by atoms with E-state index in [1.165, 1.54) is 6.07 Å². The Kier molecular flexibility index (Phi) is 2.78. The van der Waals surface area contributed by atoms with Gasteiger partial charge in [0.05, 0.1) is 5.69 Å². The number of aryl methyl sites for hydroxylation is 1. The van der Waals surface area contributed by atoms with Gasteiger partial charge in [0.25, 0.3) is 0 Å². The summed E-state index contributed by atoms with van der Waals surface area (Å²) in [6, 6.07) is 9.97. The van der Waals surface area contributed by atoms with E-state index in [0.29, 0.717) is 17.1 Å². The molecule has 2 aromatic carbocycles. The lowest BCUT2D eigenvalue weighted by Crippen LogP contribution is -1.93. The van der Waals surface area contributed by atoms with Crippen LogP contribution in [-0.4, -0.2) is 10.2 Å². The second kappa shape index (κ2) is 4.25. The molecule has 4 heteroatoms. The molecule has 0 aliphatic heterocycles. The zero-order chi connectivity index (χ0) is 12.4. The van der Waals surface area contributed by atoms with Gasteiger partial charge in [-0.2, -0.15) is 0 Å². The van der Waals surface area contributed by atoms with Gasteiger partial charge in [0.15, 0.2) is 0 Å². The predicted octanol–water partition coefficient (Wildman–Crippen LogP) is 2.73. The van der Waals surface area contributed by atoms with Gasteiger partial charge >= 0.3 is 0 Å². The molecule has 0 unspecified atom stereocenters. The van der Waals surface area contributed by atoms with Crippen LogP contribution < -0.4 is 11.1 Å². The molecule has 88 valence electrons. The summed E-state index contributed by atoms with van der Waals surface area (Å²) in [5.41, 5.74) is 8.19. The van der Waals surface area contributed by atoms with Gasteiger partial charge in [0.2, 0.25) is 0 Å². The maximum atomic E-state index is 9.64. The average Bonchev–Trinajstić information content (AvgIpc) is 2.29. The number of anilines is 3. The van der Waals surface area contributed by atoms with E-state index in [1.54, 1.807) is 24.3 Å². The number of hydrogen-bond donors (Lipinski definition) is 4. The third-order valence-electron chi connectivity index (χ3n) is 2.51. The van der Waals surface area contributed by atoms with E-state index >= 15 is 0 Å². The summed E-state index contributed by atoms with van der Waals surface area (Å²) in [7, 11) is 0. The summed E-state index contributed by atoms with van der Waals surface area (Å²) < 4.78 is 0. The lowest BCUT2D eigenvalue weighted by molar-refractivity contribution is 0.471. The molecule has 2 aromatic rings. The minimum absolute atomic E-state index is 0.110. The number of rotatable bonds is 2. The second-order valence-corrected chi connectivity index (χ2v) is 3.90. The zero-order valence-electron chi connectivity index (χ0n) is 9.44. The van der Waals surface area contributed by atoms with Gasteiger partial charge in [-0.25, -0.2) is 0 Å². The number of nitrogens with one attached hydrogen (secondary N) is 1. The molecule has 0 amide bonds. The molecule has 0 bridgehead atoms. The number of phenols is 2. The minimum Gasteiger partial charge on any atom is -0.508 e. The Bertz CT molecular complexity index is 553. The highest BCUT2D eigenvalue weighted by molar-refractivity contribution is 5.70. The van der Waals surface area contributed by atoms with Gasteiger partial charge in [-0.05, 0) is 36.8 Å². The van der Waals surface area contributed by atoms with Crippen LogP contribution in [0, 0.1) is 6.92 Å². The first-order chi connectivity index (χ1) is 8.06. The summed E-state index contributed by atoms with van der Waals surface area (Å²) in [5.74, 6) is 0.317. The van der Waals surface area contributed by atoms with Crippen LogP contribution in [0.15, 0.2) is 36.4 Å². The van der Waals surface area contributed by atoms with E-state index in [1.807, 2.05) is 13.0 Å². The largest absolute Gasteiger partial charge is 0.508 e. The van der Waals surface area contributed by atoms with E-state index in [-0.39, 0.29) is 11.5 Å². The lowest BCUT2D eigenvalue weighted by Gasteiger charge is -2.10. The van der Waals surface area contributed by atoms with Crippen molar-refractivity contribution < 1.29 is 10.2 Å². The van der Waals surface area contributed by atoms with Crippen molar-refractivity contribution >= 4 is 17.1 Å². The maximum Gasteiger partial charge on any atom is 0.139 e. The van der Waals surface area contributed by atoms with Crippen molar-refractivity contribution in [2.24, 2.45) is 0 Å². The number of phenolic OH excluding ortho intramolecular Hbond substituents is 2. The summed E-state index contributed by atoms with van der Waals surface area (Å²) in [6.07, 6.45) is 0. The van der Waals surface area contributed by atoms with E-state index in [2.05, 4.69) is 5.32 Å². The van der Waals surface area contributed by atoms with Crippen molar-refractivity contribution in [3.8, 4) is 11.5 Å². The monoisotopic (exact) mass is 230 g/mol. The predicted molar refractivity (Wildman–Crippen MR) is 68.6 cm³/mol. The Morgan fingerprint density at radius 3 is 2.47 bits per heavy atom. The van der Waals surface area contributed by atoms with Gasteiger partial charge in [-0.3, -0.25) is 0 Å². The Hall–Kier alpha value is -2.36. The van der Waals surface area contributed by atoms with E-state index in [0.717, 1.165) is 5.56 Å². The van der Waals surface area contributed by atoms with Crippen LogP contribution in [0.5, 0.6) is 11.5 Å². The van der Waals surface area contributed by atoms with Crippen LogP contribution >= 0.6 is 0 Å². The molecule has 0 aliphatic carbocycles. The molecular formula is C13H14N2O2. The number of hydrogen-bond acceptors (Lipinski definition) is 4. The molecule has 0 atom stereocenters. The summed E-state index contributed by atoms with van der Waals surface area (Å²) in [5, 5.41) is 22.2. The van der Waals surface area contributed by atoms with Crippen LogP contribution in [-0.2, 0) is 0 Å². The fraction of sp³-hybridized carbons (Fsp3) is 0.0769. The number of nitrogens with two attached hydrogens (primary N) is 1. The zero-order valence-corrected chi connectivity index (χ0v) is 9.44. The molecule has 17 heavy (non-hydrogen) atoms. The highest BCUT2D eigenvalue weighted by Crippen LogP contribution is 2.30. The normalized spacial score (nSPS) is 10.2. The molecule has 0 aliphatic rings. The van der Waals surface area contributed by atoms with Gasteiger partial charge in [0, 0.05) is 17.4 Å². The van der Waals surface area contributed by atoms with Crippen molar-refractivity contribution in [1.29, 1.82) is 0 Å². The highest BCUT2D eigenvalue weighted by Gasteiger charge is 2.03. The quantitative estimate of drug-likeness (QED) is 0.363. The summed E-state index contributed by atoms with van der Waals surface area (Å²) >= 11 is 0. The third kappa shape index (κ3) is 2.42. The first-order valence-electron chi connectivity index (χ1n) is 5.21. The number of benzene rings is 2. The van der Waals surface area contributed by atoms with Gasteiger partial charge in [0.1, 0.15) is 11.5 Å². The fourth-order valence-electron chi connectivity index (χ4n) is 1.50. The number of nitrogen functional groups attached to an aromatic ring is 1. The molecular weight excluding hydrogens is 216 g/mol. The van der Waals surface area contributed by atoms with Crippen molar-refractivity contribution in [2.45, 2.75) is 6.92 Å². The van der Waals surface area contributed by atoms with Crippen molar-refractivity contribution in [3.63, 3.8) is 0 Å². The van der Waals surface area contributed by atoms with Gasteiger partial charge in [-0.15, -0.1) is 0 Å². The van der Waals surface area contributed by atoms with E-state index < -0.39 is 0 Å². The Morgan fingerprint density at radius 1 is 1.00 bits per heavy atom. The molecule has 0 saturated heterocycles. The molecule has 4 nitrogen and oxygen atoms in total. The SMILES string of the molecule is Cc1ccc(Nc2cc(N)ccc2O)cc1O. The molecule has 0 aromatic heterocycles. The fourth-order valence-corrected chi connectivity index (χ4v) is 1.50. The topological polar surface area (TPSA) is 78.5 Å². The lowest BCUT2D eigenvalue weighted by atomic mass is 10.2. The molecule has 5 N–H and O–H groups in total. The molecule has 0 fully saturated rings. The van der Waals surface area contributed by atoms with Crippen LogP contribution in [0.2, 0.25) is 0 Å². The summed E-state index contributed by atoms with van der Waals surface area (Å²) in [6.45, 7) is 1.82. The molecule has 0 heterocycles. The summed E-state index contributed by atoms with van der Waals surface area (Å²) in [4.78, 5) is 0. The number of aromatic hydroxyl groups is 2. The third-order valence-corrected chi connectivity index (χ3v) is 2.51. The second-order valence-electron chi connectivity index (χ2n) is 3.90. The van der Waals surface area contributed by atoms with Crippen LogP contribution in [0.3, 0.4) is 0 Å². The minimum atomic E-state index is 0.110. The van der Waals surface area contributed by atoms with Crippen molar-refractivity contribution in [3.05, 3.63) is 42.0 Å². The first-order valence-corrected chi connectivity index (χ1v) is 5.21.